The summed E-state index contributed by atoms with van der Waals surface area (Å²) in [6.07, 6.45) is 0. The van der Waals surface area contributed by atoms with E-state index in [1.54, 1.807) is 43.5 Å². The average Bonchev–Trinajstić information content (AvgIpc) is 2.42. The second kappa shape index (κ2) is 6.31. The molecule has 2 rings (SSSR count). The number of rotatable bonds is 4. The quantitative estimate of drug-likeness (QED) is 0.818. The van der Waals surface area contributed by atoms with E-state index in [4.69, 9.17) is 45.9 Å². The van der Waals surface area contributed by atoms with Gasteiger partial charge in [0.1, 0.15) is 10.7 Å². The highest BCUT2D eigenvalue weighted by atomic mass is 35.5. The number of hydrogen-bond acceptors (Lipinski definition) is 3. The Labute approximate surface area is 132 Å². The summed E-state index contributed by atoms with van der Waals surface area (Å²) in [6.45, 7) is 0. The summed E-state index contributed by atoms with van der Waals surface area (Å²) in [5.74, 6) is 0.686. The number of nitrogens with two attached hydrogens (primary N) is 1. The van der Waals surface area contributed by atoms with Crippen molar-refractivity contribution in [2.75, 3.05) is 12.4 Å². The summed E-state index contributed by atoms with van der Waals surface area (Å²) in [5.41, 5.74) is 7.81. The Hall–Kier alpha value is -1.49. The molecule has 0 heterocycles. The number of nitrogens with one attached hydrogen (secondary N) is 1. The number of methoxy groups -OCH3 is 1. The summed E-state index contributed by atoms with van der Waals surface area (Å²) >= 11 is 17.1. The largest absolute Gasteiger partial charge is 0.497 e. The van der Waals surface area contributed by atoms with Gasteiger partial charge in [-0.15, -0.1) is 0 Å². The van der Waals surface area contributed by atoms with Crippen LogP contribution in [0.1, 0.15) is 5.56 Å². The molecule has 0 spiro atoms. The van der Waals surface area contributed by atoms with Gasteiger partial charge in [-0.05, 0) is 30.3 Å². The fraction of sp³-hybridized carbons (Fsp3) is 0.0714. The molecule has 3 N–H and O–H groups in total. The van der Waals surface area contributed by atoms with Crippen molar-refractivity contribution in [3.8, 4) is 5.75 Å². The molecule has 0 saturated carbocycles. The molecule has 0 saturated heterocycles. The normalized spacial score (nSPS) is 10.2. The molecule has 2 aromatic carbocycles. The van der Waals surface area contributed by atoms with Crippen LogP contribution < -0.4 is 15.8 Å². The Morgan fingerprint density at radius 1 is 1.15 bits per heavy atom. The van der Waals surface area contributed by atoms with Crippen LogP contribution in [0.5, 0.6) is 5.75 Å². The highest BCUT2D eigenvalue weighted by Crippen LogP contribution is 2.31. The molecule has 3 nitrogen and oxygen atoms in total. The number of ether oxygens (including phenoxy) is 1. The smallest absolute Gasteiger partial charge is 0.120 e. The molecule has 0 radical (unpaired) electrons. The van der Waals surface area contributed by atoms with E-state index in [-0.39, 0.29) is 4.99 Å². The van der Waals surface area contributed by atoms with Crippen LogP contribution in [0.3, 0.4) is 0 Å². The first-order valence-electron chi connectivity index (χ1n) is 5.71. The first-order chi connectivity index (χ1) is 9.51. The minimum atomic E-state index is 0.285. The van der Waals surface area contributed by atoms with E-state index in [0.717, 1.165) is 0 Å². The van der Waals surface area contributed by atoms with E-state index in [1.165, 1.54) is 0 Å². The monoisotopic (exact) mass is 326 g/mol. The Morgan fingerprint density at radius 3 is 2.55 bits per heavy atom. The number of benzene rings is 2. The first-order valence-corrected chi connectivity index (χ1v) is 6.87. The van der Waals surface area contributed by atoms with Crippen LogP contribution in [-0.2, 0) is 0 Å². The van der Waals surface area contributed by atoms with Crippen LogP contribution >= 0.6 is 35.4 Å². The topological polar surface area (TPSA) is 47.3 Å². The molecule has 20 heavy (non-hydrogen) atoms. The second-order valence-corrected chi connectivity index (χ2v) is 5.31. The highest BCUT2D eigenvalue weighted by Gasteiger charge is 2.09. The molecule has 0 atom stereocenters. The molecule has 6 heteroatoms. The van der Waals surface area contributed by atoms with Crippen LogP contribution in [0, 0.1) is 0 Å². The van der Waals surface area contributed by atoms with Crippen LogP contribution in [0.25, 0.3) is 0 Å². The lowest BCUT2D eigenvalue weighted by Gasteiger charge is -2.14. The highest BCUT2D eigenvalue weighted by molar-refractivity contribution is 7.80. The molecule has 0 aliphatic rings. The molecular formula is C14H12Cl2N2OS. The van der Waals surface area contributed by atoms with Gasteiger partial charge in [-0.25, -0.2) is 0 Å². The maximum atomic E-state index is 6.14. The van der Waals surface area contributed by atoms with Gasteiger partial charge in [0.25, 0.3) is 0 Å². The number of hydrogen-bond donors (Lipinski definition) is 2. The van der Waals surface area contributed by atoms with Crippen molar-refractivity contribution in [1.29, 1.82) is 0 Å². The van der Waals surface area contributed by atoms with Gasteiger partial charge in [-0.3, -0.25) is 0 Å². The van der Waals surface area contributed by atoms with Crippen LogP contribution in [0.2, 0.25) is 10.0 Å². The maximum absolute atomic E-state index is 6.14. The van der Waals surface area contributed by atoms with Crippen molar-refractivity contribution in [1.82, 2.24) is 0 Å². The lowest BCUT2D eigenvalue weighted by molar-refractivity contribution is 0.415. The zero-order valence-corrected chi connectivity index (χ0v) is 12.9. The summed E-state index contributed by atoms with van der Waals surface area (Å²) in [5, 5.41) is 4.30. The van der Waals surface area contributed by atoms with Gasteiger partial charge < -0.3 is 15.8 Å². The minimum Gasteiger partial charge on any atom is -0.497 e. The maximum Gasteiger partial charge on any atom is 0.120 e. The Kier molecular flexibility index (Phi) is 4.70. The molecular weight excluding hydrogens is 315 g/mol. The molecule has 0 aromatic heterocycles. The number of thiocarbonyl (C=S) groups is 1. The first kappa shape index (κ1) is 14.9. The fourth-order valence-corrected chi connectivity index (χ4v) is 2.22. The SMILES string of the molecule is COc1ccc(C(N)=S)c(Nc2cc(Cl)ccc2Cl)c1. The Balaban J connectivity index is 2.45. The second-order valence-electron chi connectivity index (χ2n) is 4.02. The predicted octanol–water partition coefficient (Wildman–Crippen LogP) is 4.38. The molecule has 0 amide bonds. The van der Waals surface area contributed by atoms with Gasteiger partial charge >= 0.3 is 0 Å². The molecule has 0 aliphatic carbocycles. The van der Waals surface area contributed by atoms with Crippen molar-refractivity contribution >= 4 is 51.8 Å². The summed E-state index contributed by atoms with van der Waals surface area (Å²) in [6, 6.07) is 10.5. The number of halogens is 2. The standard InChI is InChI=1S/C14H12Cl2N2OS/c1-19-9-3-4-10(14(17)20)12(7-9)18-13-6-8(15)2-5-11(13)16/h2-7,18H,1H3,(H2,17,20). The van der Waals surface area contributed by atoms with E-state index in [1.807, 2.05) is 0 Å². The minimum absolute atomic E-state index is 0.285. The molecule has 0 unspecified atom stereocenters. The van der Waals surface area contributed by atoms with Gasteiger partial charge in [-0.1, -0.05) is 35.4 Å². The summed E-state index contributed by atoms with van der Waals surface area (Å²) in [4.78, 5) is 0.285. The van der Waals surface area contributed by atoms with Crippen molar-refractivity contribution in [2.45, 2.75) is 0 Å². The Morgan fingerprint density at radius 2 is 1.90 bits per heavy atom. The third-order valence-electron chi connectivity index (χ3n) is 2.69. The average molecular weight is 327 g/mol. The lowest BCUT2D eigenvalue weighted by atomic mass is 10.1. The summed E-state index contributed by atoms with van der Waals surface area (Å²) < 4.78 is 5.20. The van der Waals surface area contributed by atoms with Gasteiger partial charge in [-0.2, -0.15) is 0 Å². The van der Waals surface area contributed by atoms with Crippen molar-refractivity contribution < 1.29 is 4.74 Å². The molecule has 104 valence electrons. The van der Waals surface area contributed by atoms with E-state index in [0.29, 0.717) is 32.7 Å². The van der Waals surface area contributed by atoms with Gasteiger partial charge in [0.05, 0.1) is 23.5 Å². The van der Waals surface area contributed by atoms with Crippen LogP contribution in [-0.4, -0.2) is 12.1 Å². The summed E-state index contributed by atoms with van der Waals surface area (Å²) in [7, 11) is 1.59. The van der Waals surface area contributed by atoms with Gasteiger partial charge in [0, 0.05) is 16.7 Å². The lowest BCUT2D eigenvalue weighted by Crippen LogP contribution is -2.12. The van der Waals surface area contributed by atoms with E-state index < -0.39 is 0 Å². The van der Waals surface area contributed by atoms with Crippen molar-refractivity contribution in [3.63, 3.8) is 0 Å². The molecule has 0 bridgehead atoms. The third kappa shape index (κ3) is 3.33. The van der Waals surface area contributed by atoms with Crippen molar-refractivity contribution in [3.05, 3.63) is 52.0 Å². The fourth-order valence-electron chi connectivity index (χ4n) is 1.71. The third-order valence-corrected chi connectivity index (χ3v) is 3.47. The molecule has 0 fully saturated rings. The van der Waals surface area contributed by atoms with Crippen molar-refractivity contribution in [2.24, 2.45) is 5.73 Å². The van der Waals surface area contributed by atoms with Crippen LogP contribution in [0.15, 0.2) is 36.4 Å². The Bertz CT molecular complexity index is 662. The van der Waals surface area contributed by atoms with Gasteiger partial charge in [0.2, 0.25) is 0 Å². The van der Waals surface area contributed by atoms with Crippen LogP contribution in [0.4, 0.5) is 11.4 Å². The zero-order chi connectivity index (χ0) is 14.7. The van der Waals surface area contributed by atoms with Gasteiger partial charge in [0.15, 0.2) is 0 Å². The molecule has 2 aromatic rings. The predicted molar refractivity (Wildman–Crippen MR) is 88.6 cm³/mol. The van der Waals surface area contributed by atoms with E-state index in [2.05, 4.69) is 5.32 Å². The molecule has 0 aliphatic heterocycles. The van der Waals surface area contributed by atoms with E-state index >= 15 is 0 Å². The van der Waals surface area contributed by atoms with E-state index in [9.17, 15) is 0 Å². The zero-order valence-electron chi connectivity index (χ0n) is 10.6. The number of anilines is 2.